The molecule has 2 unspecified atom stereocenters. The number of benzene rings is 2. The van der Waals surface area contributed by atoms with Crippen LogP contribution in [0.15, 0.2) is 60.2 Å². The van der Waals surface area contributed by atoms with E-state index in [9.17, 15) is 19.5 Å². The van der Waals surface area contributed by atoms with Crippen LogP contribution in [-0.4, -0.2) is 46.8 Å². The van der Waals surface area contributed by atoms with Gasteiger partial charge in [-0.05, 0) is 28.7 Å². The Hall–Kier alpha value is -3.72. The Balaban J connectivity index is 1.44. The normalized spacial score (nSPS) is 13.9. The minimum Gasteiger partial charge on any atom is -0.480 e. The molecule has 1 heterocycles. The fourth-order valence-electron chi connectivity index (χ4n) is 4.35. The largest absolute Gasteiger partial charge is 0.480 e. The van der Waals surface area contributed by atoms with E-state index in [1.165, 1.54) is 11.3 Å². The molecule has 2 amide bonds. The van der Waals surface area contributed by atoms with Crippen molar-refractivity contribution in [2.24, 2.45) is 0 Å². The molecule has 2 aromatic carbocycles. The zero-order valence-corrected chi connectivity index (χ0v) is 20.1. The third-order valence-corrected chi connectivity index (χ3v) is 6.83. The Kier molecular flexibility index (Phi) is 7.77. The molecule has 1 aromatic heterocycles. The fourth-order valence-corrected chi connectivity index (χ4v) is 5.00. The predicted octanol–water partition coefficient (Wildman–Crippen LogP) is 3.96. The number of thiazole rings is 1. The molecule has 1 aliphatic carbocycles. The second kappa shape index (κ2) is 11.1. The number of carbonyl (C=O) groups excluding carboxylic acids is 2. The summed E-state index contributed by atoms with van der Waals surface area (Å²) in [6, 6.07) is 14.0. The Labute approximate surface area is 207 Å². The topological polar surface area (TPSA) is 118 Å². The molecule has 0 radical (unpaired) electrons. The molecule has 8 nitrogen and oxygen atoms in total. The molecule has 0 bridgehead atoms. The number of fused-ring (bicyclic) bond motifs is 3. The second-order valence-corrected chi connectivity index (χ2v) is 9.35. The molecule has 35 heavy (non-hydrogen) atoms. The van der Waals surface area contributed by atoms with Crippen LogP contribution in [0.2, 0.25) is 0 Å². The first-order chi connectivity index (χ1) is 17.0. The van der Waals surface area contributed by atoms with Gasteiger partial charge >= 0.3 is 12.1 Å². The SMILES string of the molecule is CCCC(NC(=O)C(Cc1cncs1)NC(=O)OCC1c2ccccc2-c2ccccc21)C(=O)O. The average Bonchev–Trinajstić information content (AvgIpc) is 3.48. The first-order valence-corrected chi connectivity index (χ1v) is 12.4. The predicted molar refractivity (Wildman–Crippen MR) is 132 cm³/mol. The van der Waals surface area contributed by atoms with Gasteiger partial charge in [-0.25, -0.2) is 9.59 Å². The van der Waals surface area contributed by atoms with Crippen molar-refractivity contribution >= 4 is 29.3 Å². The molecule has 1 aliphatic rings. The first-order valence-electron chi connectivity index (χ1n) is 11.5. The third kappa shape index (κ3) is 5.68. The van der Waals surface area contributed by atoms with Gasteiger partial charge in [0.05, 0.1) is 5.51 Å². The Bertz CT molecular complexity index is 1150. The lowest BCUT2D eigenvalue weighted by molar-refractivity contribution is -0.142. The number of amides is 2. The maximum absolute atomic E-state index is 12.9. The van der Waals surface area contributed by atoms with E-state index in [1.54, 1.807) is 11.7 Å². The summed E-state index contributed by atoms with van der Waals surface area (Å²) in [4.78, 5) is 42.0. The Morgan fingerprint density at radius 2 is 1.69 bits per heavy atom. The van der Waals surface area contributed by atoms with E-state index >= 15 is 0 Å². The highest BCUT2D eigenvalue weighted by molar-refractivity contribution is 7.09. The maximum Gasteiger partial charge on any atom is 0.407 e. The van der Waals surface area contributed by atoms with Crippen molar-refractivity contribution in [3.8, 4) is 11.1 Å². The van der Waals surface area contributed by atoms with Crippen molar-refractivity contribution in [1.29, 1.82) is 0 Å². The van der Waals surface area contributed by atoms with E-state index in [-0.39, 0.29) is 18.9 Å². The molecule has 0 fully saturated rings. The Morgan fingerprint density at radius 1 is 1.03 bits per heavy atom. The molecule has 2 atom stereocenters. The van der Waals surface area contributed by atoms with Crippen LogP contribution in [0, 0.1) is 0 Å². The van der Waals surface area contributed by atoms with E-state index in [4.69, 9.17) is 4.74 Å². The summed E-state index contributed by atoms with van der Waals surface area (Å²) in [5.41, 5.74) is 6.05. The molecule has 0 saturated heterocycles. The minimum atomic E-state index is -1.11. The summed E-state index contributed by atoms with van der Waals surface area (Å²) < 4.78 is 5.58. The van der Waals surface area contributed by atoms with Gasteiger partial charge in [0.25, 0.3) is 0 Å². The zero-order chi connectivity index (χ0) is 24.8. The molecular formula is C26H27N3O5S. The van der Waals surface area contributed by atoms with Crippen LogP contribution in [0.4, 0.5) is 4.79 Å². The summed E-state index contributed by atoms with van der Waals surface area (Å²) in [6.07, 6.45) is 1.94. The van der Waals surface area contributed by atoms with Crippen molar-refractivity contribution in [3.63, 3.8) is 0 Å². The molecule has 4 rings (SSSR count). The van der Waals surface area contributed by atoms with Crippen molar-refractivity contribution in [1.82, 2.24) is 15.6 Å². The van der Waals surface area contributed by atoms with Crippen LogP contribution >= 0.6 is 11.3 Å². The number of carbonyl (C=O) groups is 3. The first kappa shape index (κ1) is 24.4. The van der Waals surface area contributed by atoms with E-state index in [0.29, 0.717) is 12.8 Å². The molecule has 9 heteroatoms. The average molecular weight is 494 g/mol. The van der Waals surface area contributed by atoms with E-state index in [2.05, 4.69) is 27.8 Å². The van der Waals surface area contributed by atoms with Gasteiger partial charge in [-0.3, -0.25) is 9.78 Å². The lowest BCUT2D eigenvalue weighted by Crippen LogP contribution is -2.52. The van der Waals surface area contributed by atoms with Crippen molar-refractivity contribution in [3.05, 3.63) is 76.2 Å². The second-order valence-electron chi connectivity index (χ2n) is 8.38. The van der Waals surface area contributed by atoms with Crippen molar-refractivity contribution < 1.29 is 24.2 Å². The minimum absolute atomic E-state index is 0.108. The van der Waals surface area contributed by atoms with Gasteiger partial charge in [-0.15, -0.1) is 11.3 Å². The Morgan fingerprint density at radius 3 is 2.26 bits per heavy atom. The van der Waals surface area contributed by atoms with Crippen LogP contribution in [0.1, 0.15) is 41.7 Å². The van der Waals surface area contributed by atoms with Crippen LogP contribution in [0.3, 0.4) is 0 Å². The van der Waals surface area contributed by atoms with Gasteiger partial charge in [0.15, 0.2) is 0 Å². The van der Waals surface area contributed by atoms with Crippen LogP contribution < -0.4 is 10.6 Å². The summed E-state index contributed by atoms with van der Waals surface area (Å²) in [5, 5.41) is 14.6. The molecule has 0 spiro atoms. The number of hydrogen-bond acceptors (Lipinski definition) is 6. The van der Waals surface area contributed by atoms with E-state index in [1.807, 2.05) is 43.3 Å². The summed E-state index contributed by atoms with van der Waals surface area (Å²) in [6.45, 7) is 1.95. The number of rotatable bonds is 10. The molecule has 0 aliphatic heterocycles. The summed E-state index contributed by atoms with van der Waals surface area (Å²) in [7, 11) is 0. The summed E-state index contributed by atoms with van der Waals surface area (Å²) >= 11 is 1.35. The highest BCUT2D eigenvalue weighted by Gasteiger charge is 2.31. The van der Waals surface area contributed by atoms with E-state index in [0.717, 1.165) is 27.1 Å². The molecule has 3 aromatic rings. The van der Waals surface area contributed by atoms with Gasteiger partial charge in [-0.1, -0.05) is 61.9 Å². The van der Waals surface area contributed by atoms with Gasteiger partial charge in [-0.2, -0.15) is 0 Å². The van der Waals surface area contributed by atoms with Gasteiger partial charge in [0.2, 0.25) is 5.91 Å². The molecule has 3 N–H and O–H groups in total. The van der Waals surface area contributed by atoms with Crippen molar-refractivity contribution in [2.75, 3.05) is 6.61 Å². The number of carboxylic acid groups (broad SMARTS) is 1. The lowest BCUT2D eigenvalue weighted by atomic mass is 9.98. The van der Waals surface area contributed by atoms with Gasteiger partial charge < -0.3 is 20.5 Å². The maximum atomic E-state index is 12.9. The number of alkyl carbamates (subject to hydrolysis) is 1. The molecule has 0 saturated carbocycles. The lowest BCUT2D eigenvalue weighted by Gasteiger charge is -2.21. The highest BCUT2D eigenvalue weighted by atomic mass is 32.1. The van der Waals surface area contributed by atoms with Gasteiger partial charge in [0, 0.05) is 23.4 Å². The van der Waals surface area contributed by atoms with Crippen molar-refractivity contribution in [2.45, 2.75) is 44.2 Å². The quantitative estimate of drug-likeness (QED) is 0.394. The monoisotopic (exact) mass is 493 g/mol. The number of nitrogens with one attached hydrogen (secondary N) is 2. The van der Waals surface area contributed by atoms with Crippen LogP contribution in [0.25, 0.3) is 11.1 Å². The summed E-state index contributed by atoms with van der Waals surface area (Å²) in [5.74, 6) is -1.80. The molecular weight excluding hydrogens is 466 g/mol. The smallest absolute Gasteiger partial charge is 0.407 e. The third-order valence-electron chi connectivity index (χ3n) is 6.03. The number of nitrogens with zero attached hydrogens (tertiary/aromatic N) is 1. The zero-order valence-electron chi connectivity index (χ0n) is 19.3. The van der Waals surface area contributed by atoms with E-state index < -0.39 is 30.1 Å². The standard InChI is InChI=1S/C26H27N3O5S/c1-2-7-22(25(31)32)28-24(30)23(12-16-13-27-15-35-16)29-26(33)34-14-21-19-10-5-3-8-17(19)18-9-4-6-11-20(18)21/h3-6,8-11,13,15,21-23H,2,7,12,14H2,1H3,(H,28,30)(H,29,33)(H,31,32). The number of aliphatic carboxylic acids is 1. The number of hydrogen-bond donors (Lipinski definition) is 3. The number of carboxylic acids is 1. The van der Waals surface area contributed by atoms with Gasteiger partial charge in [0.1, 0.15) is 18.7 Å². The highest BCUT2D eigenvalue weighted by Crippen LogP contribution is 2.44. The number of ether oxygens (including phenoxy) is 1. The van der Waals surface area contributed by atoms with Crippen LogP contribution in [0.5, 0.6) is 0 Å². The fraction of sp³-hybridized carbons (Fsp3) is 0.308. The number of aromatic nitrogens is 1. The van der Waals surface area contributed by atoms with Crippen LogP contribution in [-0.2, 0) is 20.7 Å². The molecule has 182 valence electrons.